The van der Waals surface area contributed by atoms with Gasteiger partial charge in [0.1, 0.15) is 4.90 Å². The van der Waals surface area contributed by atoms with Crippen molar-refractivity contribution in [3.05, 3.63) is 45.2 Å². The molecule has 8 heteroatoms. The molecule has 0 aliphatic carbocycles. The van der Waals surface area contributed by atoms with Gasteiger partial charge in [0.2, 0.25) is 10.0 Å². The molecule has 5 nitrogen and oxygen atoms in total. The van der Waals surface area contributed by atoms with Crippen LogP contribution < -0.4 is 0 Å². The maximum Gasteiger partial charge on any atom is 0.246 e. The van der Waals surface area contributed by atoms with Crippen LogP contribution in [0.2, 0.25) is 10.0 Å². The molecule has 0 bridgehead atoms. The average molecular weight is 402 g/mol. The van der Waals surface area contributed by atoms with Crippen molar-refractivity contribution in [1.29, 1.82) is 0 Å². The van der Waals surface area contributed by atoms with Crippen LogP contribution in [0.1, 0.15) is 36.2 Å². The van der Waals surface area contributed by atoms with Gasteiger partial charge in [-0.2, -0.15) is 9.40 Å². The van der Waals surface area contributed by atoms with Gasteiger partial charge in [0.15, 0.2) is 0 Å². The molecule has 136 valence electrons. The van der Waals surface area contributed by atoms with E-state index in [2.05, 4.69) is 5.10 Å². The summed E-state index contributed by atoms with van der Waals surface area (Å²) in [5, 5.41) is 5.56. The lowest BCUT2D eigenvalue weighted by Gasteiger charge is -2.26. The lowest BCUT2D eigenvalue weighted by Crippen LogP contribution is -2.36. The molecule has 0 atom stereocenters. The van der Waals surface area contributed by atoms with Gasteiger partial charge in [0.05, 0.1) is 17.9 Å². The van der Waals surface area contributed by atoms with E-state index in [0.29, 0.717) is 46.0 Å². The van der Waals surface area contributed by atoms with Crippen molar-refractivity contribution in [2.75, 3.05) is 13.1 Å². The van der Waals surface area contributed by atoms with Crippen LogP contribution in [0.25, 0.3) is 0 Å². The zero-order chi connectivity index (χ0) is 18.2. The second kappa shape index (κ2) is 7.27. The number of sulfonamides is 1. The summed E-state index contributed by atoms with van der Waals surface area (Å²) < 4.78 is 29.3. The SMILES string of the molecule is Cc1nn(Cc2ccc(Cl)cc2Cl)c(C)c1S(=O)(=O)N1CCCCC1. The zero-order valence-electron chi connectivity index (χ0n) is 14.3. The molecule has 2 heterocycles. The summed E-state index contributed by atoms with van der Waals surface area (Å²) in [5.74, 6) is 0. The van der Waals surface area contributed by atoms with Gasteiger partial charge >= 0.3 is 0 Å². The van der Waals surface area contributed by atoms with E-state index in [4.69, 9.17) is 23.2 Å². The molecule has 0 saturated carbocycles. The van der Waals surface area contributed by atoms with Crippen molar-refractivity contribution in [3.63, 3.8) is 0 Å². The van der Waals surface area contributed by atoms with Crippen molar-refractivity contribution in [1.82, 2.24) is 14.1 Å². The molecule has 1 aliphatic rings. The summed E-state index contributed by atoms with van der Waals surface area (Å²) in [6.45, 7) is 5.09. The summed E-state index contributed by atoms with van der Waals surface area (Å²) >= 11 is 12.2. The fourth-order valence-corrected chi connectivity index (χ4v) is 5.61. The number of hydrogen-bond acceptors (Lipinski definition) is 3. The largest absolute Gasteiger partial charge is 0.264 e. The van der Waals surface area contributed by atoms with Crippen molar-refractivity contribution in [2.24, 2.45) is 0 Å². The van der Waals surface area contributed by atoms with Gasteiger partial charge in [-0.1, -0.05) is 35.7 Å². The summed E-state index contributed by atoms with van der Waals surface area (Å²) in [4.78, 5) is 0.319. The molecule has 0 amide bonds. The van der Waals surface area contributed by atoms with Gasteiger partial charge < -0.3 is 0 Å². The first-order valence-electron chi connectivity index (χ1n) is 8.29. The Labute approximate surface area is 158 Å². The fraction of sp³-hybridized carbons (Fsp3) is 0.471. The van der Waals surface area contributed by atoms with Gasteiger partial charge in [-0.25, -0.2) is 8.42 Å². The Kier molecular flexibility index (Phi) is 5.44. The molecule has 0 spiro atoms. The van der Waals surface area contributed by atoms with E-state index >= 15 is 0 Å². The summed E-state index contributed by atoms with van der Waals surface area (Å²) in [6, 6.07) is 5.27. The Bertz CT molecular complexity index is 888. The van der Waals surface area contributed by atoms with Crippen molar-refractivity contribution >= 4 is 33.2 Å². The number of aromatic nitrogens is 2. The molecule has 0 radical (unpaired) electrons. The molecule has 1 aromatic carbocycles. The Balaban J connectivity index is 1.95. The summed E-state index contributed by atoms with van der Waals surface area (Å²) in [7, 11) is -3.52. The third kappa shape index (κ3) is 3.72. The third-order valence-corrected chi connectivity index (χ3v) is 7.30. The number of rotatable bonds is 4. The van der Waals surface area contributed by atoms with Gasteiger partial charge in [0, 0.05) is 23.1 Å². The minimum absolute atomic E-state index is 0.319. The maximum atomic E-state index is 13.0. The van der Waals surface area contributed by atoms with Gasteiger partial charge in [-0.05, 0) is 44.4 Å². The van der Waals surface area contributed by atoms with Crippen molar-refractivity contribution in [2.45, 2.75) is 44.6 Å². The Morgan fingerprint density at radius 3 is 2.44 bits per heavy atom. The average Bonchev–Trinajstić information content (AvgIpc) is 2.85. The van der Waals surface area contributed by atoms with Crippen LogP contribution in [0, 0.1) is 13.8 Å². The highest BCUT2D eigenvalue weighted by atomic mass is 35.5. The van der Waals surface area contributed by atoms with Crippen LogP contribution >= 0.6 is 23.2 Å². The van der Waals surface area contributed by atoms with E-state index in [1.165, 1.54) is 0 Å². The molecule has 2 aromatic rings. The molecule has 1 fully saturated rings. The summed E-state index contributed by atoms with van der Waals surface area (Å²) in [6.07, 6.45) is 2.90. The van der Waals surface area contributed by atoms with E-state index in [1.54, 1.807) is 35.0 Å². The van der Waals surface area contributed by atoms with Crippen LogP contribution in [0.3, 0.4) is 0 Å². The zero-order valence-corrected chi connectivity index (χ0v) is 16.6. The van der Waals surface area contributed by atoms with Gasteiger partial charge in [-0.3, -0.25) is 4.68 Å². The first kappa shape index (κ1) is 18.7. The number of aryl methyl sites for hydroxylation is 1. The van der Waals surface area contributed by atoms with Gasteiger partial charge in [-0.15, -0.1) is 0 Å². The highest BCUT2D eigenvalue weighted by Gasteiger charge is 2.31. The standard InChI is InChI=1S/C17H21Cl2N3O2S/c1-12-17(25(23,24)21-8-4-3-5-9-21)13(2)22(20-12)11-14-6-7-15(18)10-16(14)19/h6-7,10H,3-5,8-9,11H2,1-2H3. The highest BCUT2D eigenvalue weighted by Crippen LogP contribution is 2.28. The quantitative estimate of drug-likeness (QED) is 0.776. The van der Waals surface area contributed by atoms with E-state index in [0.717, 1.165) is 24.8 Å². The molecular weight excluding hydrogens is 381 g/mol. The van der Waals surface area contributed by atoms with Crippen molar-refractivity contribution < 1.29 is 8.42 Å². The Hall–Kier alpha value is -1.08. The predicted molar refractivity (Wildman–Crippen MR) is 99.9 cm³/mol. The van der Waals surface area contributed by atoms with Gasteiger partial charge in [0.25, 0.3) is 0 Å². The number of halogens is 2. The minimum atomic E-state index is -3.52. The number of piperidine rings is 1. The first-order valence-corrected chi connectivity index (χ1v) is 10.5. The van der Waals surface area contributed by atoms with Crippen LogP contribution in [0.15, 0.2) is 23.1 Å². The molecule has 0 unspecified atom stereocenters. The Morgan fingerprint density at radius 1 is 1.12 bits per heavy atom. The minimum Gasteiger partial charge on any atom is -0.264 e. The first-order chi connectivity index (χ1) is 11.8. The molecular formula is C17H21Cl2N3O2S. The fourth-order valence-electron chi connectivity index (χ4n) is 3.25. The van der Waals surface area contributed by atoms with Crippen molar-refractivity contribution in [3.8, 4) is 0 Å². The summed E-state index contributed by atoms with van der Waals surface area (Å²) in [5.41, 5.74) is 2.00. The van der Waals surface area contributed by atoms with Crippen LogP contribution in [0.5, 0.6) is 0 Å². The molecule has 0 N–H and O–H groups in total. The second-order valence-electron chi connectivity index (χ2n) is 6.36. The van der Waals surface area contributed by atoms with E-state index < -0.39 is 10.0 Å². The number of hydrogen-bond donors (Lipinski definition) is 0. The van der Waals surface area contributed by atoms with E-state index in [9.17, 15) is 8.42 Å². The number of benzene rings is 1. The molecule has 1 aromatic heterocycles. The Morgan fingerprint density at radius 2 is 1.80 bits per heavy atom. The second-order valence-corrected chi connectivity index (χ2v) is 9.08. The normalized spacial score (nSPS) is 16.3. The van der Waals surface area contributed by atoms with Crippen LogP contribution in [0.4, 0.5) is 0 Å². The number of nitrogens with zero attached hydrogens (tertiary/aromatic N) is 3. The highest BCUT2D eigenvalue weighted by molar-refractivity contribution is 7.89. The maximum absolute atomic E-state index is 13.0. The van der Waals surface area contributed by atoms with E-state index in [1.807, 2.05) is 6.07 Å². The lowest BCUT2D eigenvalue weighted by atomic mass is 10.2. The molecule has 25 heavy (non-hydrogen) atoms. The monoisotopic (exact) mass is 401 g/mol. The smallest absolute Gasteiger partial charge is 0.246 e. The van der Waals surface area contributed by atoms with Crippen LogP contribution in [-0.2, 0) is 16.6 Å². The van der Waals surface area contributed by atoms with Crippen LogP contribution in [-0.4, -0.2) is 35.6 Å². The molecule has 1 aliphatic heterocycles. The topological polar surface area (TPSA) is 55.2 Å². The molecule has 1 saturated heterocycles. The third-order valence-electron chi connectivity index (χ3n) is 4.56. The van der Waals surface area contributed by atoms with E-state index in [-0.39, 0.29) is 0 Å². The predicted octanol–water partition coefficient (Wildman–Crippen LogP) is 4.03. The molecule has 3 rings (SSSR count). The lowest BCUT2D eigenvalue weighted by molar-refractivity contribution is 0.346.